The van der Waals surface area contributed by atoms with Crippen LogP contribution in [0.1, 0.15) is 9.67 Å². The molecule has 0 atom stereocenters. The van der Waals surface area contributed by atoms with Gasteiger partial charge in [0.1, 0.15) is 29.6 Å². The standard InChI is InChI=1S/C17H12FN3O3S/c18-11-3-1-10(2-4-11)15-16(25-21-20-15)17(22)19-12-5-6-13-14(9-12)24-8-7-23-13/h1-6,9H,7-8H2,(H,19,22). The average molecular weight is 357 g/mol. The van der Waals surface area contributed by atoms with Gasteiger partial charge in [-0.15, -0.1) is 5.10 Å². The molecule has 25 heavy (non-hydrogen) atoms. The van der Waals surface area contributed by atoms with Crippen molar-refractivity contribution in [3.8, 4) is 22.8 Å². The number of carbonyl (C=O) groups excluding carboxylic acids is 1. The molecule has 0 aliphatic carbocycles. The molecule has 1 N–H and O–H groups in total. The topological polar surface area (TPSA) is 73.3 Å². The van der Waals surface area contributed by atoms with Crippen LogP contribution >= 0.6 is 11.5 Å². The SMILES string of the molecule is O=C(Nc1ccc2c(c1)OCCO2)c1snnc1-c1ccc(F)cc1. The van der Waals surface area contributed by atoms with Gasteiger partial charge in [-0.2, -0.15) is 0 Å². The molecule has 8 heteroatoms. The Kier molecular flexibility index (Phi) is 4.02. The lowest BCUT2D eigenvalue weighted by Gasteiger charge is -2.18. The molecule has 4 rings (SSSR count). The number of aromatic nitrogens is 2. The van der Waals surface area contributed by atoms with Crippen molar-refractivity contribution in [1.82, 2.24) is 9.59 Å². The summed E-state index contributed by atoms with van der Waals surface area (Å²) in [5, 5.41) is 6.79. The second-order valence-corrected chi connectivity index (χ2v) is 6.02. The first-order valence-electron chi connectivity index (χ1n) is 7.50. The molecule has 6 nitrogen and oxygen atoms in total. The number of carbonyl (C=O) groups is 1. The Morgan fingerprint density at radius 1 is 1.08 bits per heavy atom. The quantitative estimate of drug-likeness (QED) is 0.778. The van der Waals surface area contributed by atoms with Crippen LogP contribution in [0, 0.1) is 5.82 Å². The van der Waals surface area contributed by atoms with Gasteiger partial charge in [-0.25, -0.2) is 4.39 Å². The van der Waals surface area contributed by atoms with E-state index in [0.29, 0.717) is 46.5 Å². The van der Waals surface area contributed by atoms with E-state index in [2.05, 4.69) is 14.9 Å². The Labute approximate surface area is 146 Å². The van der Waals surface area contributed by atoms with Gasteiger partial charge >= 0.3 is 0 Å². The van der Waals surface area contributed by atoms with Crippen LogP contribution in [-0.2, 0) is 0 Å². The molecule has 1 aromatic heterocycles. The normalized spacial score (nSPS) is 12.7. The van der Waals surface area contributed by atoms with E-state index in [-0.39, 0.29) is 11.7 Å². The fraction of sp³-hybridized carbons (Fsp3) is 0.118. The van der Waals surface area contributed by atoms with Crippen molar-refractivity contribution < 1.29 is 18.7 Å². The van der Waals surface area contributed by atoms with Gasteiger partial charge in [0.2, 0.25) is 0 Å². The van der Waals surface area contributed by atoms with Gasteiger partial charge in [-0.05, 0) is 47.9 Å². The third kappa shape index (κ3) is 3.16. The van der Waals surface area contributed by atoms with Crippen LogP contribution in [0.4, 0.5) is 10.1 Å². The number of benzene rings is 2. The fourth-order valence-corrected chi connectivity index (χ4v) is 3.03. The molecule has 3 aromatic rings. The lowest BCUT2D eigenvalue weighted by molar-refractivity contribution is 0.103. The highest BCUT2D eigenvalue weighted by Crippen LogP contribution is 2.33. The molecular weight excluding hydrogens is 345 g/mol. The van der Waals surface area contributed by atoms with Crippen LogP contribution in [0.15, 0.2) is 42.5 Å². The van der Waals surface area contributed by atoms with Crippen LogP contribution in [0.5, 0.6) is 11.5 Å². The molecule has 0 unspecified atom stereocenters. The number of anilines is 1. The van der Waals surface area contributed by atoms with Crippen LogP contribution in [0.25, 0.3) is 11.3 Å². The molecule has 0 bridgehead atoms. The number of hydrogen-bond donors (Lipinski definition) is 1. The van der Waals surface area contributed by atoms with Crippen molar-refractivity contribution in [2.24, 2.45) is 0 Å². The van der Waals surface area contributed by atoms with Gasteiger partial charge in [0.25, 0.3) is 5.91 Å². The van der Waals surface area contributed by atoms with Crippen molar-refractivity contribution >= 4 is 23.1 Å². The molecule has 0 spiro atoms. The van der Waals surface area contributed by atoms with E-state index in [1.54, 1.807) is 30.3 Å². The molecule has 0 radical (unpaired) electrons. The highest BCUT2D eigenvalue weighted by atomic mass is 32.1. The lowest BCUT2D eigenvalue weighted by Crippen LogP contribution is -2.16. The number of fused-ring (bicyclic) bond motifs is 1. The summed E-state index contributed by atoms with van der Waals surface area (Å²) >= 11 is 0.982. The zero-order valence-electron chi connectivity index (χ0n) is 12.9. The Balaban J connectivity index is 1.58. The van der Waals surface area contributed by atoms with Gasteiger partial charge in [-0.1, -0.05) is 4.49 Å². The summed E-state index contributed by atoms with van der Waals surface area (Å²) in [6.45, 7) is 0.976. The van der Waals surface area contributed by atoms with Gasteiger partial charge in [0, 0.05) is 17.3 Å². The highest BCUT2D eigenvalue weighted by Gasteiger charge is 2.19. The van der Waals surface area contributed by atoms with Crippen LogP contribution < -0.4 is 14.8 Å². The van der Waals surface area contributed by atoms with Crippen molar-refractivity contribution in [3.63, 3.8) is 0 Å². The van der Waals surface area contributed by atoms with E-state index < -0.39 is 0 Å². The fourth-order valence-electron chi connectivity index (χ4n) is 2.45. The highest BCUT2D eigenvalue weighted by molar-refractivity contribution is 7.08. The van der Waals surface area contributed by atoms with Crippen molar-refractivity contribution in [3.05, 3.63) is 53.2 Å². The maximum atomic E-state index is 13.1. The lowest BCUT2D eigenvalue weighted by atomic mass is 10.1. The number of ether oxygens (including phenoxy) is 2. The van der Waals surface area contributed by atoms with E-state index in [4.69, 9.17) is 9.47 Å². The maximum Gasteiger partial charge on any atom is 0.269 e. The van der Waals surface area contributed by atoms with Crippen molar-refractivity contribution in [2.75, 3.05) is 18.5 Å². The summed E-state index contributed by atoms with van der Waals surface area (Å²) in [7, 11) is 0. The first kappa shape index (κ1) is 15.5. The molecule has 1 aliphatic heterocycles. The number of nitrogens with one attached hydrogen (secondary N) is 1. The monoisotopic (exact) mass is 357 g/mol. The molecule has 1 amide bonds. The summed E-state index contributed by atoms with van der Waals surface area (Å²) in [5.41, 5.74) is 1.62. The third-order valence-corrected chi connectivity index (χ3v) is 4.34. The van der Waals surface area contributed by atoms with Gasteiger partial charge in [-0.3, -0.25) is 4.79 Å². The third-order valence-electron chi connectivity index (χ3n) is 3.61. The zero-order chi connectivity index (χ0) is 17.2. The Morgan fingerprint density at radius 3 is 2.64 bits per heavy atom. The van der Waals surface area contributed by atoms with Gasteiger partial charge < -0.3 is 14.8 Å². The van der Waals surface area contributed by atoms with Crippen LogP contribution in [0.3, 0.4) is 0 Å². The molecule has 126 valence electrons. The largest absolute Gasteiger partial charge is 0.486 e. The first-order valence-corrected chi connectivity index (χ1v) is 8.27. The zero-order valence-corrected chi connectivity index (χ0v) is 13.7. The maximum absolute atomic E-state index is 13.1. The van der Waals surface area contributed by atoms with E-state index in [1.807, 2.05) is 0 Å². The van der Waals surface area contributed by atoms with Crippen molar-refractivity contribution in [2.45, 2.75) is 0 Å². The summed E-state index contributed by atoms with van der Waals surface area (Å²) in [6.07, 6.45) is 0. The van der Waals surface area contributed by atoms with Crippen molar-refractivity contribution in [1.29, 1.82) is 0 Å². The van der Waals surface area contributed by atoms with E-state index >= 15 is 0 Å². The molecular formula is C17H12FN3O3S. The van der Waals surface area contributed by atoms with E-state index in [9.17, 15) is 9.18 Å². The van der Waals surface area contributed by atoms with Crippen LogP contribution in [0.2, 0.25) is 0 Å². The summed E-state index contributed by atoms with van der Waals surface area (Å²) in [4.78, 5) is 12.9. The molecule has 2 aromatic carbocycles. The predicted octanol–water partition coefficient (Wildman–Crippen LogP) is 3.37. The Bertz CT molecular complexity index is 927. The van der Waals surface area contributed by atoms with Crippen LogP contribution in [-0.4, -0.2) is 28.7 Å². The van der Waals surface area contributed by atoms with E-state index in [1.165, 1.54) is 12.1 Å². The van der Waals surface area contributed by atoms with Gasteiger partial charge in [0.05, 0.1) is 0 Å². The minimum Gasteiger partial charge on any atom is -0.486 e. The molecule has 1 aliphatic rings. The predicted molar refractivity (Wildman–Crippen MR) is 90.7 cm³/mol. The molecule has 0 fully saturated rings. The minimum absolute atomic E-state index is 0.342. The van der Waals surface area contributed by atoms with Gasteiger partial charge in [0.15, 0.2) is 11.5 Å². The van der Waals surface area contributed by atoms with E-state index in [0.717, 1.165) is 11.5 Å². The summed E-state index contributed by atoms with van der Waals surface area (Å²) in [5.74, 6) is 0.543. The Morgan fingerprint density at radius 2 is 1.84 bits per heavy atom. The second kappa shape index (κ2) is 6.48. The smallest absolute Gasteiger partial charge is 0.269 e. The number of rotatable bonds is 3. The average Bonchev–Trinajstić information content (AvgIpc) is 3.12. The number of halogens is 1. The second-order valence-electron chi connectivity index (χ2n) is 5.27. The summed E-state index contributed by atoms with van der Waals surface area (Å²) < 4.78 is 27.9. The molecule has 0 saturated carbocycles. The Hall–Kier alpha value is -3.00. The minimum atomic E-state index is -0.353. The summed E-state index contributed by atoms with van der Waals surface area (Å²) in [6, 6.07) is 10.9. The molecule has 0 saturated heterocycles. The first-order chi connectivity index (χ1) is 12.2. The number of amides is 1. The number of nitrogens with zero attached hydrogens (tertiary/aromatic N) is 2. The molecule has 2 heterocycles. The number of hydrogen-bond acceptors (Lipinski definition) is 6.